The molecule has 3 rings (SSSR count). The fourth-order valence-corrected chi connectivity index (χ4v) is 3.44. The molecule has 1 amide bonds. The zero-order chi connectivity index (χ0) is 16.9. The zero-order valence-corrected chi connectivity index (χ0v) is 16.9. The van der Waals surface area contributed by atoms with Gasteiger partial charge in [0, 0.05) is 56.8 Å². The van der Waals surface area contributed by atoms with Gasteiger partial charge in [-0.15, -0.1) is 24.8 Å². The van der Waals surface area contributed by atoms with Crippen molar-refractivity contribution < 1.29 is 9.53 Å². The molecule has 7 nitrogen and oxygen atoms in total. The Bertz CT molecular complexity index is 576. The molecule has 0 radical (unpaired) electrons. The Morgan fingerprint density at radius 3 is 2.46 bits per heavy atom. The van der Waals surface area contributed by atoms with Gasteiger partial charge >= 0.3 is 0 Å². The summed E-state index contributed by atoms with van der Waals surface area (Å²) in [6.45, 7) is 7.21. The first kappa shape index (κ1) is 22.9. The molecule has 2 fully saturated rings. The number of carbonyl (C=O) groups is 1. The van der Waals surface area contributed by atoms with Gasteiger partial charge in [-0.3, -0.25) is 4.79 Å². The van der Waals surface area contributed by atoms with Crippen molar-refractivity contribution in [3.63, 3.8) is 0 Å². The van der Waals surface area contributed by atoms with Gasteiger partial charge in [0.15, 0.2) is 0 Å². The van der Waals surface area contributed by atoms with Crippen molar-refractivity contribution in [3.8, 4) is 0 Å². The summed E-state index contributed by atoms with van der Waals surface area (Å²) in [6, 6.07) is 2.13. The molecule has 2 aliphatic heterocycles. The van der Waals surface area contributed by atoms with E-state index in [2.05, 4.69) is 20.9 Å². The number of nitrogens with zero attached hydrogens (tertiary/aromatic N) is 4. The molecule has 0 atom stereocenters. The second kappa shape index (κ2) is 10.9. The Labute approximate surface area is 167 Å². The number of rotatable bonds is 4. The van der Waals surface area contributed by atoms with Crippen LogP contribution in [0.1, 0.15) is 36.7 Å². The Hall–Kier alpha value is -1.15. The molecule has 2 saturated heterocycles. The zero-order valence-electron chi connectivity index (χ0n) is 15.2. The van der Waals surface area contributed by atoms with Crippen LogP contribution in [-0.2, 0) is 9.53 Å². The predicted molar refractivity (Wildman–Crippen MR) is 107 cm³/mol. The van der Waals surface area contributed by atoms with Crippen LogP contribution in [0.3, 0.4) is 0 Å². The summed E-state index contributed by atoms with van der Waals surface area (Å²) in [6.07, 6.45) is 2.35. The molecular weight excluding hydrogens is 377 g/mol. The van der Waals surface area contributed by atoms with Crippen LogP contribution in [0.25, 0.3) is 0 Å². The highest BCUT2D eigenvalue weighted by atomic mass is 35.5. The molecule has 0 saturated carbocycles. The maximum absolute atomic E-state index is 12.0. The molecule has 0 aliphatic carbocycles. The van der Waals surface area contributed by atoms with Crippen molar-refractivity contribution in [3.05, 3.63) is 17.6 Å². The fraction of sp³-hybridized carbons (Fsp3) is 0.706. The molecule has 26 heavy (non-hydrogen) atoms. The minimum Gasteiger partial charge on any atom is -0.378 e. The average molecular weight is 406 g/mol. The lowest BCUT2D eigenvalue weighted by Gasteiger charge is -2.33. The maximum atomic E-state index is 12.0. The molecular formula is C17H29Cl2N5O2. The summed E-state index contributed by atoms with van der Waals surface area (Å²) in [5.41, 5.74) is 6.59. The van der Waals surface area contributed by atoms with Crippen LogP contribution < -0.4 is 10.6 Å². The van der Waals surface area contributed by atoms with E-state index in [9.17, 15) is 4.79 Å². The summed E-state index contributed by atoms with van der Waals surface area (Å²) in [5.74, 6) is 2.38. The number of aromatic nitrogens is 2. The summed E-state index contributed by atoms with van der Waals surface area (Å²) in [5, 5.41) is 0. The van der Waals surface area contributed by atoms with Gasteiger partial charge in [0.2, 0.25) is 5.91 Å². The van der Waals surface area contributed by atoms with Gasteiger partial charge in [0.1, 0.15) is 11.6 Å². The number of nitrogens with two attached hydrogens (primary N) is 1. The molecule has 0 unspecified atom stereocenters. The van der Waals surface area contributed by atoms with Crippen LogP contribution >= 0.6 is 24.8 Å². The highest BCUT2D eigenvalue weighted by Gasteiger charge is 2.25. The third kappa shape index (κ3) is 5.67. The van der Waals surface area contributed by atoms with Crippen molar-refractivity contribution >= 4 is 36.5 Å². The number of piperidine rings is 1. The summed E-state index contributed by atoms with van der Waals surface area (Å²) in [7, 11) is 0. The molecule has 0 spiro atoms. The van der Waals surface area contributed by atoms with Crippen molar-refractivity contribution in [1.29, 1.82) is 0 Å². The lowest BCUT2D eigenvalue weighted by Crippen LogP contribution is -2.39. The summed E-state index contributed by atoms with van der Waals surface area (Å²) in [4.78, 5) is 25.4. The van der Waals surface area contributed by atoms with E-state index in [-0.39, 0.29) is 30.7 Å². The quantitative estimate of drug-likeness (QED) is 0.816. The normalized spacial score (nSPS) is 18.1. The number of morpholine rings is 1. The topological polar surface area (TPSA) is 84.6 Å². The van der Waals surface area contributed by atoms with Crippen LogP contribution in [0.2, 0.25) is 0 Å². The molecule has 0 bridgehead atoms. The van der Waals surface area contributed by atoms with E-state index in [4.69, 9.17) is 10.5 Å². The Morgan fingerprint density at radius 2 is 1.85 bits per heavy atom. The third-order valence-electron chi connectivity index (χ3n) is 4.80. The number of halogens is 2. The molecule has 0 aromatic carbocycles. The monoisotopic (exact) mass is 405 g/mol. The predicted octanol–water partition coefficient (Wildman–Crippen LogP) is 1.52. The number of anilines is 1. The molecule has 9 heteroatoms. The van der Waals surface area contributed by atoms with E-state index in [1.54, 1.807) is 0 Å². The van der Waals surface area contributed by atoms with Crippen molar-refractivity contribution in [2.24, 2.45) is 5.73 Å². The number of amides is 1. The Balaban J connectivity index is 0.00000169. The maximum Gasteiger partial charge on any atom is 0.223 e. The average Bonchev–Trinajstić information content (AvgIpc) is 2.62. The van der Waals surface area contributed by atoms with E-state index in [0.29, 0.717) is 18.9 Å². The minimum absolute atomic E-state index is 0. The number of hydrogen-bond acceptors (Lipinski definition) is 6. The fourth-order valence-electron chi connectivity index (χ4n) is 3.44. The second-order valence-corrected chi connectivity index (χ2v) is 6.49. The van der Waals surface area contributed by atoms with Gasteiger partial charge in [-0.25, -0.2) is 9.97 Å². The van der Waals surface area contributed by atoms with Crippen LogP contribution in [0.15, 0.2) is 6.07 Å². The number of hydrogen-bond donors (Lipinski definition) is 1. The van der Waals surface area contributed by atoms with Crippen LogP contribution in [-0.4, -0.2) is 66.7 Å². The van der Waals surface area contributed by atoms with Crippen molar-refractivity contribution in [2.75, 3.05) is 50.8 Å². The Kier molecular flexibility index (Phi) is 9.57. The first-order valence-corrected chi connectivity index (χ1v) is 8.83. The molecule has 2 N–H and O–H groups in total. The van der Waals surface area contributed by atoms with E-state index in [1.165, 1.54) is 0 Å². The summed E-state index contributed by atoms with van der Waals surface area (Å²) >= 11 is 0. The molecule has 3 heterocycles. The van der Waals surface area contributed by atoms with Gasteiger partial charge in [0.25, 0.3) is 0 Å². The smallest absolute Gasteiger partial charge is 0.223 e. The summed E-state index contributed by atoms with van der Waals surface area (Å²) < 4.78 is 5.42. The van der Waals surface area contributed by atoms with Gasteiger partial charge in [-0.05, 0) is 19.8 Å². The van der Waals surface area contributed by atoms with E-state index in [1.807, 2.05) is 11.8 Å². The van der Waals surface area contributed by atoms with Gasteiger partial charge < -0.3 is 20.3 Å². The van der Waals surface area contributed by atoms with Crippen LogP contribution in [0.5, 0.6) is 0 Å². The van der Waals surface area contributed by atoms with Crippen LogP contribution in [0, 0.1) is 6.92 Å². The Morgan fingerprint density at radius 1 is 1.19 bits per heavy atom. The molecule has 1 aromatic heterocycles. The largest absolute Gasteiger partial charge is 0.378 e. The second-order valence-electron chi connectivity index (χ2n) is 6.49. The lowest BCUT2D eigenvalue weighted by molar-refractivity contribution is -0.132. The SMILES string of the molecule is Cc1nc(C2CCN(C(=O)CCN)CC2)cc(N2CCOCC2)n1.Cl.Cl. The number of aryl methyl sites for hydroxylation is 1. The highest BCUT2D eigenvalue weighted by molar-refractivity contribution is 5.85. The van der Waals surface area contributed by atoms with E-state index >= 15 is 0 Å². The molecule has 2 aliphatic rings. The minimum atomic E-state index is 0. The first-order valence-electron chi connectivity index (χ1n) is 8.83. The number of likely N-dealkylation sites (tertiary alicyclic amines) is 1. The first-order chi connectivity index (χ1) is 11.7. The third-order valence-corrected chi connectivity index (χ3v) is 4.80. The number of carbonyl (C=O) groups excluding carboxylic acids is 1. The van der Waals surface area contributed by atoms with E-state index < -0.39 is 0 Å². The van der Waals surface area contributed by atoms with Gasteiger partial charge in [-0.2, -0.15) is 0 Å². The number of ether oxygens (including phenoxy) is 1. The standard InChI is InChI=1S/C17H27N5O2.2ClH/c1-13-19-15(12-16(20-13)21-8-10-24-11-9-21)14-3-6-22(7-4-14)17(23)2-5-18;;/h12,14H,2-11,18H2,1H3;2*1H. The highest BCUT2D eigenvalue weighted by Crippen LogP contribution is 2.29. The molecule has 148 valence electrons. The van der Waals surface area contributed by atoms with Gasteiger partial charge in [-0.1, -0.05) is 0 Å². The van der Waals surface area contributed by atoms with Crippen molar-refractivity contribution in [2.45, 2.75) is 32.1 Å². The molecule has 1 aromatic rings. The van der Waals surface area contributed by atoms with Crippen LogP contribution in [0.4, 0.5) is 5.82 Å². The van der Waals surface area contributed by atoms with Gasteiger partial charge in [0.05, 0.1) is 13.2 Å². The van der Waals surface area contributed by atoms with Crippen molar-refractivity contribution in [1.82, 2.24) is 14.9 Å². The lowest BCUT2D eigenvalue weighted by atomic mass is 9.93. The van der Waals surface area contributed by atoms with E-state index in [0.717, 1.165) is 69.6 Å².